The van der Waals surface area contributed by atoms with Crippen molar-refractivity contribution in [1.82, 2.24) is 5.32 Å². The summed E-state index contributed by atoms with van der Waals surface area (Å²) in [5, 5.41) is 13.9. The molecule has 0 saturated heterocycles. The lowest BCUT2D eigenvalue weighted by molar-refractivity contribution is -0.384. The predicted octanol–water partition coefficient (Wildman–Crippen LogP) is 2.73. The fraction of sp³-hybridized carbons (Fsp3) is 0.533. The minimum Gasteiger partial charge on any atom is -0.393 e. The maximum atomic E-state index is 12.2. The smallest absolute Gasteiger partial charge is 0.304 e. The van der Waals surface area contributed by atoms with Gasteiger partial charge in [-0.3, -0.25) is 14.9 Å². The van der Waals surface area contributed by atoms with Crippen molar-refractivity contribution < 1.29 is 9.72 Å². The van der Waals surface area contributed by atoms with Gasteiger partial charge in [-0.1, -0.05) is 25.8 Å². The number of nitrogens with one attached hydrogen (secondary N) is 1. The van der Waals surface area contributed by atoms with Crippen molar-refractivity contribution in [2.24, 2.45) is 11.8 Å². The van der Waals surface area contributed by atoms with Crippen LogP contribution in [-0.2, 0) is 0 Å². The third-order valence-corrected chi connectivity index (χ3v) is 4.09. The second kappa shape index (κ2) is 6.56. The third kappa shape index (κ3) is 3.71. The average Bonchev–Trinajstić information content (AvgIpc) is 2.44. The van der Waals surface area contributed by atoms with Gasteiger partial charge >= 0.3 is 5.69 Å². The van der Waals surface area contributed by atoms with E-state index in [4.69, 9.17) is 5.73 Å². The highest BCUT2D eigenvalue weighted by molar-refractivity contribution is 6.00. The Hall–Kier alpha value is -2.11. The van der Waals surface area contributed by atoms with Crippen LogP contribution < -0.4 is 11.1 Å². The summed E-state index contributed by atoms with van der Waals surface area (Å²) in [5.74, 6) is 0.715. The molecule has 0 heterocycles. The zero-order chi connectivity index (χ0) is 15.4. The molecule has 114 valence electrons. The Labute approximate surface area is 123 Å². The first kappa shape index (κ1) is 15.3. The van der Waals surface area contributed by atoms with Crippen LogP contribution in [0.3, 0.4) is 0 Å². The summed E-state index contributed by atoms with van der Waals surface area (Å²) in [6.45, 7) is 2.78. The summed E-state index contributed by atoms with van der Waals surface area (Å²) in [6.07, 6.45) is 4.62. The second-order valence-electron chi connectivity index (χ2n) is 5.85. The molecule has 1 saturated carbocycles. The number of rotatable bonds is 4. The monoisotopic (exact) mass is 291 g/mol. The highest BCUT2D eigenvalue weighted by atomic mass is 16.6. The fourth-order valence-corrected chi connectivity index (χ4v) is 3.03. The van der Waals surface area contributed by atoms with Crippen molar-refractivity contribution in [3.63, 3.8) is 0 Å². The third-order valence-electron chi connectivity index (χ3n) is 4.09. The van der Waals surface area contributed by atoms with Crippen molar-refractivity contribution in [3.05, 3.63) is 33.9 Å². The molecule has 6 heteroatoms. The molecule has 1 amide bonds. The molecule has 1 aliphatic rings. The van der Waals surface area contributed by atoms with Crippen LogP contribution in [0.5, 0.6) is 0 Å². The van der Waals surface area contributed by atoms with E-state index in [1.165, 1.54) is 25.0 Å². The molecule has 21 heavy (non-hydrogen) atoms. The molecule has 0 aliphatic heterocycles. The molecule has 0 aromatic heterocycles. The van der Waals surface area contributed by atoms with Crippen LogP contribution >= 0.6 is 0 Å². The molecule has 2 atom stereocenters. The summed E-state index contributed by atoms with van der Waals surface area (Å²) in [4.78, 5) is 22.6. The van der Waals surface area contributed by atoms with Gasteiger partial charge in [0.1, 0.15) is 11.3 Å². The maximum Gasteiger partial charge on any atom is 0.304 e. The topological polar surface area (TPSA) is 98.3 Å². The molecule has 1 aliphatic carbocycles. The number of hydrogen-bond acceptors (Lipinski definition) is 4. The molecule has 1 fully saturated rings. The van der Waals surface area contributed by atoms with Crippen LogP contribution in [0.25, 0.3) is 0 Å². The minimum absolute atomic E-state index is 0.0129. The predicted molar refractivity (Wildman–Crippen MR) is 81.0 cm³/mol. The quantitative estimate of drug-likeness (QED) is 0.506. The van der Waals surface area contributed by atoms with E-state index in [-0.39, 0.29) is 16.9 Å². The molecular weight excluding hydrogens is 270 g/mol. The van der Waals surface area contributed by atoms with Gasteiger partial charge < -0.3 is 11.1 Å². The van der Waals surface area contributed by atoms with Gasteiger partial charge in [0.05, 0.1) is 4.92 Å². The summed E-state index contributed by atoms with van der Waals surface area (Å²) >= 11 is 0. The number of nitrogen functional groups attached to an aromatic ring is 1. The van der Waals surface area contributed by atoms with Crippen molar-refractivity contribution in [2.45, 2.75) is 32.6 Å². The molecule has 0 radical (unpaired) electrons. The first-order valence-electron chi connectivity index (χ1n) is 7.30. The first-order chi connectivity index (χ1) is 9.99. The van der Waals surface area contributed by atoms with Crippen molar-refractivity contribution in [1.29, 1.82) is 0 Å². The fourth-order valence-electron chi connectivity index (χ4n) is 3.03. The van der Waals surface area contributed by atoms with E-state index < -0.39 is 10.8 Å². The number of anilines is 1. The molecule has 0 spiro atoms. The van der Waals surface area contributed by atoms with Crippen LogP contribution in [-0.4, -0.2) is 17.4 Å². The largest absolute Gasteiger partial charge is 0.393 e. The van der Waals surface area contributed by atoms with Gasteiger partial charge in [0.15, 0.2) is 0 Å². The van der Waals surface area contributed by atoms with Crippen LogP contribution in [0.1, 0.15) is 43.0 Å². The molecular formula is C15H21N3O3. The van der Waals surface area contributed by atoms with Crippen molar-refractivity contribution in [3.8, 4) is 0 Å². The molecule has 0 bridgehead atoms. The first-order valence-corrected chi connectivity index (χ1v) is 7.30. The highest BCUT2D eigenvalue weighted by Gasteiger charge is 2.24. The number of carbonyl (C=O) groups excluding carboxylic acids is 1. The van der Waals surface area contributed by atoms with E-state index in [2.05, 4.69) is 12.2 Å². The Balaban J connectivity index is 2.04. The zero-order valence-corrected chi connectivity index (χ0v) is 12.2. The van der Waals surface area contributed by atoms with Gasteiger partial charge in [-0.2, -0.15) is 0 Å². The Morgan fingerprint density at radius 3 is 2.90 bits per heavy atom. The SMILES string of the molecule is CC1CCCC(CNC(=O)c2cccc(N)c2[N+](=O)[O-])C1. The van der Waals surface area contributed by atoms with E-state index in [0.29, 0.717) is 18.4 Å². The lowest BCUT2D eigenvalue weighted by Gasteiger charge is -2.26. The van der Waals surface area contributed by atoms with Crippen LogP contribution in [0.2, 0.25) is 0 Å². The molecule has 2 rings (SSSR count). The van der Waals surface area contributed by atoms with Gasteiger partial charge in [-0.25, -0.2) is 0 Å². The van der Waals surface area contributed by atoms with Crippen molar-refractivity contribution in [2.75, 3.05) is 12.3 Å². The van der Waals surface area contributed by atoms with Gasteiger partial charge in [0.25, 0.3) is 5.91 Å². The number of amides is 1. The highest BCUT2D eigenvalue weighted by Crippen LogP contribution is 2.29. The minimum atomic E-state index is -0.604. The Morgan fingerprint density at radius 1 is 1.48 bits per heavy atom. The number of nitrogens with zero attached hydrogens (tertiary/aromatic N) is 1. The van der Waals surface area contributed by atoms with E-state index in [0.717, 1.165) is 12.8 Å². The number of benzene rings is 1. The number of nitro groups is 1. The van der Waals surface area contributed by atoms with E-state index in [9.17, 15) is 14.9 Å². The number of carbonyl (C=O) groups is 1. The average molecular weight is 291 g/mol. The summed E-state index contributed by atoms with van der Waals surface area (Å²) < 4.78 is 0. The molecule has 1 aromatic carbocycles. The lowest BCUT2D eigenvalue weighted by Crippen LogP contribution is -2.32. The van der Waals surface area contributed by atoms with Crippen LogP contribution in [0.4, 0.5) is 11.4 Å². The Bertz CT molecular complexity index is 545. The van der Waals surface area contributed by atoms with Gasteiger partial charge in [-0.05, 0) is 36.8 Å². The van der Waals surface area contributed by atoms with Gasteiger partial charge in [0.2, 0.25) is 0 Å². The Morgan fingerprint density at radius 2 is 2.24 bits per heavy atom. The van der Waals surface area contributed by atoms with E-state index >= 15 is 0 Å². The number of para-hydroxylation sites is 1. The number of nitrogens with two attached hydrogens (primary N) is 1. The van der Waals surface area contributed by atoms with Crippen LogP contribution in [0, 0.1) is 22.0 Å². The zero-order valence-electron chi connectivity index (χ0n) is 12.2. The van der Waals surface area contributed by atoms with Crippen LogP contribution in [0.15, 0.2) is 18.2 Å². The summed E-state index contributed by atoms with van der Waals surface area (Å²) in [5.41, 5.74) is 5.33. The summed E-state index contributed by atoms with van der Waals surface area (Å²) in [7, 11) is 0. The normalized spacial score (nSPS) is 21.8. The second-order valence-corrected chi connectivity index (χ2v) is 5.85. The Kier molecular flexibility index (Phi) is 4.77. The van der Waals surface area contributed by atoms with Gasteiger partial charge in [-0.15, -0.1) is 0 Å². The standard InChI is InChI=1S/C15H21N3O3/c1-10-4-2-5-11(8-10)9-17-15(19)12-6-3-7-13(16)14(12)18(20)21/h3,6-7,10-11H,2,4-5,8-9,16H2,1H3,(H,17,19). The molecule has 3 N–H and O–H groups in total. The summed E-state index contributed by atoms with van der Waals surface area (Å²) in [6, 6.07) is 4.42. The molecule has 6 nitrogen and oxygen atoms in total. The number of nitro benzene ring substituents is 1. The maximum absolute atomic E-state index is 12.2. The molecule has 2 unspecified atom stereocenters. The van der Waals surface area contributed by atoms with Crippen molar-refractivity contribution >= 4 is 17.3 Å². The lowest BCUT2D eigenvalue weighted by atomic mass is 9.82. The van der Waals surface area contributed by atoms with E-state index in [1.807, 2.05) is 0 Å². The molecule has 1 aromatic rings. The van der Waals surface area contributed by atoms with Gasteiger partial charge in [0, 0.05) is 6.54 Å². The number of hydrogen-bond donors (Lipinski definition) is 2. The van der Waals surface area contributed by atoms with E-state index in [1.54, 1.807) is 6.07 Å².